The molecular weight excluding hydrogens is 297 g/mol. The van der Waals surface area contributed by atoms with E-state index in [4.69, 9.17) is 27.9 Å². The predicted octanol–water partition coefficient (Wildman–Crippen LogP) is 3.39. The van der Waals surface area contributed by atoms with E-state index in [1.165, 1.54) is 7.11 Å². The molecule has 2 aliphatic heterocycles. The van der Waals surface area contributed by atoms with E-state index in [0.29, 0.717) is 16.1 Å². The molecule has 2 bridgehead atoms. The number of halogens is 2. The Morgan fingerprint density at radius 1 is 1.30 bits per heavy atom. The minimum absolute atomic E-state index is 0.140. The van der Waals surface area contributed by atoms with Crippen LogP contribution < -0.4 is 5.32 Å². The first kappa shape index (κ1) is 14.2. The van der Waals surface area contributed by atoms with E-state index in [0.717, 1.165) is 24.8 Å². The number of carbonyl (C=O) groups is 1. The topological polar surface area (TPSA) is 38.3 Å². The smallest absolute Gasteiger partial charge is 0.310 e. The molecule has 0 aliphatic carbocycles. The number of fused-ring (bicyclic) bond motifs is 2. The van der Waals surface area contributed by atoms with Crippen LogP contribution in [0.2, 0.25) is 10.0 Å². The molecule has 2 saturated heterocycles. The minimum Gasteiger partial charge on any atom is -0.469 e. The molecule has 2 heterocycles. The Kier molecular flexibility index (Phi) is 3.93. The Bertz CT molecular complexity index is 535. The molecule has 1 aromatic carbocycles. The van der Waals surface area contributed by atoms with E-state index in [1.807, 2.05) is 12.1 Å². The summed E-state index contributed by atoms with van der Waals surface area (Å²) in [4.78, 5) is 12.2. The predicted molar refractivity (Wildman–Crippen MR) is 79.3 cm³/mol. The molecule has 108 valence electrons. The van der Waals surface area contributed by atoms with Crippen LogP contribution in [0.5, 0.6) is 0 Å². The summed E-state index contributed by atoms with van der Waals surface area (Å²) >= 11 is 12.1. The molecule has 0 spiro atoms. The third-order valence-electron chi connectivity index (χ3n) is 4.53. The fourth-order valence-electron chi connectivity index (χ4n) is 3.60. The van der Waals surface area contributed by atoms with E-state index >= 15 is 0 Å². The molecule has 20 heavy (non-hydrogen) atoms. The van der Waals surface area contributed by atoms with Gasteiger partial charge in [-0.3, -0.25) is 4.79 Å². The molecule has 0 radical (unpaired) electrons. The Balaban J connectivity index is 1.96. The summed E-state index contributed by atoms with van der Waals surface area (Å²) < 4.78 is 5.01. The molecule has 2 aliphatic rings. The molecule has 4 atom stereocenters. The molecule has 0 amide bonds. The third-order valence-corrected chi connectivity index (χ3v) is 5.27. The fraction of sp³-hybridized carbons (Fsp3) is 0.533. The van der Waals surface area contributed by atoms with Gasteiger partial charge < -0.3 is 10.1 Å². The van der Waals surface area contributed by atoms with Crippen LogP contribution in [0.25, 0.3) is 0 Å². The van der Waals surface area contributed by atoms with Crippen LogP contribution in [0.1, 0.15) is 30.7 Å². The molecule has 3 rings (SSSR count). The van der Waals surface area contributed by atoms with E-state index in [2.05, 4.69) is 5.32 Å². The first-order valence-corrected chi connectivity index (χ1v) is 7.64. The summed E-state index contributed by atoms with van der Waals surface area (Å²) in [5.74, 6) is -0.133. The zero-order chi connectivity index (χ0) is 14.3. The van der Waals surface area contributed by atoms with Crippen molar-refractivity contribution in [3.05, 3.63) is 33.8 Å². The van der Waals surface area contributed by atoms with Gasteiger partial charge in [0.05, 0.1) is 23.1 Å². The molecule has 1 N–H and O–H groups in total. The van der Waals surface area contributed by atoms with Crippen LogP contribution in [-0.4, -0.2) is 25.2 Å². The van der Waals surface area contributed by atoms with Crippen molar-refractivity contribution in [3.8, 4) is 0 Å². The molecule has 3 nitrogen and oxygen atoms in total. The molecule has 2 unspecified atom stereocenters. The van der Waals surface area contributed by atoms with Gasteiger partial charge in [-0.15, -0.1) is 0 Å². The molecular formula is C15H17Cl2NO2. The molecule has 1 aromatic rings. The standard InChI is InChI=1S/C15H17Cl2NO2/c1-20-15(19)14-10(7-9-3-5-13(14)18-9)8-2-4-11(16)12(17)6-8/h2,4,6,9-10,13-14,18H,3,5,7H2,1H3/t9?,10-,13?,14-/m0/s1. The summed E-state index contributed by atoms with van der Waals surface area (Å²) in [6.45, 7) is 0. The normalized spacial score (nSPS) is 32.1. The van der Waals surface area contributed by atoms with Crippen molar-refractivity contribution in [2.75, 3.05) is 7.11 Å². The quantitative estimate of drug-likeness (QED) is 0.851. The number of methoxy groups -OCH3 is 1. The van der Waals surface area contributed by atoms with Crippen molar-refractivity contribution in [2.45, 2.75) is 37.3 Å². The number of hydrogen-bond acceptors (Lipinski definition) is 3. The van der Waals surface area contributed by atoms with Crippen LogP contribution in [-0.2, 0) is 9.53 Å². The first-order chi connectivity index (χ1) is 9.60. The number of rotatable bonds is 2. The summed E-state index contributed by atoms with van der Waals surface area (Å²) in [7, 11) is 1.45. The zero-order valence-corrected chi connectivity index (χ0v) is 12.7. The lowest BCUT2D eigenvalue weighted by molar-refractivity contribution is -0.148. The van der Waals surface area contributed by atoms with Crippen LogP contribution in [0, 0.1) is 5.92 Å². The molecule has 2 fully saturated rings. The van der Waals surface area contributed by atoms with Gasteiger partial charge in [-0.1, -0.05) is 29.3 Å². The van der Waals surface area contributed by atoms with Gasteiger partial charge in [0.15, 0.2) is 0 Å². The maximum Gasteiger partial charge on any atom is 0.310 e. The summed E-state index contributed by atoms with van der Waals surface area (Å²) in [6.07, 6.45) is 3.09. The monoisotopic (exact) mass is 313 g/mol. The van der Waals surface area contributed by atoms with Crippen LogP contribution in [0.15, 0.2) is 18.2 Å². The fourth-order valence-corrected chi connectivity index (χ4v) is 3.91. The minimum atomic E-state index is -0.143. The van der Waals surface area contributed by atoms with Gasteiger partial charge in [-0.2, -0.15) is 0 Å². The van der Waals surface area contributed by atoms with Crippen LogP contribution in [0.4, 0.5) is 0 Å². The maximum atomic E-state index is 12.2. The third kappa shape index (κ3) is 2.43. The highest BCUT2D eigenvalue weighted by atomic mass is 35.5. The summed E-state index contributed by atoms with van der Waals surface area (Å²) in [6, 6.07) is 6.35. The van der Waals surface area contributed by atoms with Crippen molar-refractivity contribution in [1.29, 1.82) is 0 Å². The largest absolute Gasteiger partial charge is 0.469 e. The first-order valence-electron chi connectivity index (χ1n) is 6.89. The molecule has 0 aromatic heterocycles. The van der Waals surface area contributed by atoms with Gasteiger partial charge in [0, 0.05) is 18.0 Å². The average Bonchev–Trinajstić information content (AvgIpc) is 2.82. The van der Waals surface area contributed by atoms with Crippen molar-refractivity contribution in [2.24, 2.45) is 5.92 Å². The number of esters is 1. The highest BCUT2D eigenvalue weighted by Crippen LogP contribution is 2.43. The van der Waals surface area contributed by atoms with Gasteiger partial charge >= 0.3 is 5.97 Å². The number of carbonyl (C=O) groups excluding carboxylic acids is 1. The second-order valence-electron chi connectivity index (χ2n) is 5.61. The van der Waals surface area contributed by atoms with Gasteiger partial charge in [0.25, 0.3) is 0 Å². The van der Waals surface area contributed by atoms with E-state index < -0.39 is 0 Å². The van der Waals surface area contributed by atoms with Gasteiger partial charge in [0.1, 0.15) is 0 Å². The molecule has 5 heteroatoms. The summed E-state index contributed by atoms with van der Waals surface area (Å²) in [5, 5.41) is 4.61. The van der Waals surface area contributed by atoms with Crippen molar-refractivity contribution in [3.63, 3.8) is 0 Å². The van der Waals surface area contributed by atoms with Crippen molar-refractivity contribution < 1.29 is 9.53 Å². The Morgan fingerprint density at radius 3 is 2.80 bits per heavy atom. The van der Waals surface area contributed by atoms with Crippen molar-refractivity contribution >= 4 is 29.2 Å². The second kappa shape index (κ2) is 5.55. The van der Waals surface area contributed by atoms with E-state index in [1.54, 1.807) is 6.07 Å². The second-order valence-corrected chi connectivity index (χ2v) is 6.43. The number of benzene rings is 1. The number of hydrogen-bond donors (Lipinski definition) is 1. The highest BCUT2D eigenvalue weighted by molar-refractivity contribution is 6.42. The Labute approximate surface area is 128 Å². The lowest BCUT2D eigenvalue weighted by Crippen LogP contribution is -2.48. The number of ether oxygens (including phenoxy) is 1. The van der Waals surface area contributed by atoms with Crippen molar-refractivity contribution in [1.82, 2.24) is 5.32 Å². The maximum absolute atomic E-state index is 12.2. The number of piperidine rings is 1. The highest BCUT2D eigenvalue weighted by Gasteiger charge is 2.46. The molecule has 0 saturated carbocycles. The lowest BCUT2D eigenvalue weighted by atomic mass is 9.77. The number of nitrogens with one attached hydrogen (secondary N) is 1. The van der Waals surface area contributed by atoms with Gasteiger partial charge in [-0.05, 0) is 37.0 Å². The van der Waals surface area contributed by atoms with Gasteiger partial charge in [0.2, 0.25) is 0 Å². The zero-order valence-electron chi connectivity index (χ0n) is 11.2. The average molecular weight is 314 g/mol. The SMILES string of the molecule is COC(=O)[C@@H]1C2CCC(C[C@H]1c1ccc(Cl)c(Cl)c1)N2. The van der Waals surface area contributed by atoms with E-state index in [9.17, 15) is 4.79 Å². The van der Waals surface area contributed by atoms with Gasteiger partial charge in [-0.25, -0.2) is 0 Å². The lowest BCUT2D eigenvalue weighted by Gasteiger charge is -2.36. The Morgan fingerprint density at radius 2 is 2.10 bits per heavy atom. The van der Waals surface area contributed by atoms with Crippen LogP contribution >= 0.6 is 23.2 Å². The summed E-state index contributed by atoms with van der Waals surface area (Å²) in [5.41, 5.74) is 1.08. The Hall–Kier alpha value is -0.770. The van der Waals surface area contributed by atoms with Crippen LogP contribution in [0.3, 0.4) is 0 Å². The van der Waals surface area contributed by atoms with E-state index in [-0.39, 0.29) is 23.8 Å².